The molecule has 1 aromatic heterocycles. The lowest BCUT2D eigenvalue weighted by Gasteiger charge is -1.93. The van der Waals surface area contributed by atoms with Gasteiger partial charge in [0.05, 0.1) is 13.4 Å². The predicted molar refractivity (Wildman–Crippen MR) is 67.4 cm³/mol. The normalized spacial score (nSPS) is 11.4. The monoisotopic (exact) mass is 234 g/mol. The van der Waals surface area contributed by atoms with Crippen LogP contribution < -0.4 is 0 Å². The Hall–Kier alpha value is -1.77. The molecule has 0 bridgehead atoms. The van der Waals surface area contributed by atoms with E-state index in [-0.39, 0.29) is 5.97 Å². The van der Waals surface area contributed by atoms with Crippen molar-refractivity contribution < 1.29 is 13.9 Å². The maximum absolute atomic E-state index is 10.7. The quantitative estimate of drug-likeness (QED) is 0.411. The van der Waals surface area contributed by atoms with Crippen LogP contribution in [0.5, 0.6) is 0 Å². The van der Waals surface area contributed by atoms with Crippen LogP contribution in [0.3, 0.4) is 0 Å². The number of ether oxygens (including phenoxy) is 1. The van der Waals surface area contributed by atoms with Gasteiger partial charge in [0.15, 0.2) is 0 Å². The molecule has 0 spiro atoms. The zero-order valence-corrected chi connectivity index (χ0v) is 10.1. The smallest absolute Gasteiger partial charge is 0.330 e. The van der Waals surface area contributed by atoms with Crippen molar-refractivity contribution in [3.63, 3.8) is 0 Å². The maximum atomic E-state index is 10.7. The van der Waals surface area contributed by atoms with Crippen molar-refractivity contribution in [3.8, 4) is 0 Å². The standard InChI is InChI=1S/C14H18O3/c1-16-14(15)11-7-5-3-2-4-6-9-13-10-8-12-17-13/h6-12H,2-5H2,1H3/b9-6+,11-7+. The minimum absolute atomic E-state index is 0.289. The molecule has 0 radical (unpaired) electrons. The Kier molecular flexibility index (Phi) is 6.56. The topological polar surface area (TPSA) is 39.4 Å². The average Bonchev–Trinajstić information content (AvgIpc) is 2.85. The van der Waals surface area contributed by atoms with Gasteiger partial charge in [-0.05, 0) is 43.9 Å². The molecule has 0 aliphatic heterocycles. The first kappa shape index (κ1) is 13.3. The third kappa shape index (κ3) is 6.40. The Labute approximate surface area is 102 Å². The fraction of sp³-hybridized carbons (Fsp3) is 0.357. The largest absolute Gasteiger partial charge is 0.466 e. The van der Waals surface area contributed by atoms with Crippen LogP contribution in [0.1, 0.15) is 31.4 Å². The van der Waals surface area contributed by atoms with E-state index in [0.29, 0.717) is 0 Å². The van der Waals surface area contributed by atoms with Gasteiger partial charge >= 0.3 is 5.97 Å². The van der Waals surface area contributed by atoms with E-state index in [1.54, 1.807) is 6.26 Å². The lowest BCUT2D eigenvalue weighted by Crippen LogP contribution is -1.93. The Balaban J connectivity index is 2.01. The minimum atomic E-state index is -0.289. The molecule has 0 unspecified atom stereocenters. The molecule has 3 heteroatoms. The second kappa shape index (κ2) is 8.39. The van der Waals surface area contributed by atoms with E-state index in [1.807, 2.05) is 24.3 Å². The third-order valence-corrected chi connectivity index (χ3v) is 2.27. The lowest BCUT2D eigenvalue weighted by molar-refractivity contribution is -0.134. The summed E-state index contributed by atoms with van der Waals surface area (Å²) in [6, 6.07) is 3.80. The van der Waals surface area contributed by atoms with Crippen molar-refractivity contribution in [2.45, 2.75) is 25.7 Å². The van der Waals surface area contributed by atoms with Crippen molar-refractivity contribution >= 4 is 12.0 Å². The van der Waals surface area contributed by atoms with Gasteiger partial charge in [-0.1, -0.05) is 12.2 Å². The number of methoxy groups -OCH3 is 1. The highest BCUT2D eigenvalue weighted by Crippen LogP contribution is 2.06. The van der Waals surface area contributed by atoms with Crippen LogP contribution in [0.25, 0.3) is 6.08 Å². The zero-order chi connectivity index (χ0) is 12.3. The fourth-order valence-electron chi connectivity index (χ4n) is 1.36. The summed E-state index contributed by atoms with van der Waals surface area (Å²) in [5.41, 5.74) is 0. The van der Waals surface area contributed by atoms with Crippen molar-refractivity contribution in [1.29, 1.82) is 0 Å². The van der Waals surface area contributed by atoms with Gasteiger partial charge < -0.3 is 9.15 Å². The molecule has 0 saturated carbocycles. The first-order chi connectivity index (χ1) is 8.33. The fourth-order valence-corrected chi connectivity index (χ4v) is 1.36. The number of carbonyl (C=O) groups excluding carboxylic acids is 1. The van der Waals surface area contributed by atoms with Gasteiger partial charge in [-0.25, -0.2) is 4.79 Å². The zero-order valence-electron chi connectivity index (χ0n) is 10.1. The van der Waals surface area contributed by atoms with E-state index < -0.39 is 0 Å². The third-order valence-electron chi connectivity index (χ3n) is 2.27. The van der Waals surface area contributed by atoms with Crippen molar-refractivity contribution in [2.24, 2.45) is 0 Å². The van der Waals surface area contributed by atoms with Gasteiger partial charge in [-0.15, -0.1) is 0 Å². The molecule has 1 rings (SSSR count). The summed E-state index contributed by atoms with van der Waals surface area (Å²) in [7, 11) is 1.38. The molecule has 0 aliphatic carbocycles. The van der Waals surface area contributed by atoms with E-state index in [0.717, 1.165) is 31.4 Å². The van der Waals surface area contributed by atoms with Gasteiger partial charge in [0.1, 0.15) is 5.76 Å². The molecule has 0 fully saturated rings. The number of esters is 1. The molecule has 92 valence electrons. The Morgan fingerprint density at radius 2 is 2.12 bits per heavy atom. The van der Waals surface area contributed by atoms with Gasteiger partial charge in [-0.3, -0.25) is 0 Å². The number of rotatable bonds is 7. The highest BCUT2D eigenvalue weighted by atomic mass is 16.5. The number of allylic oxidation sites excluding steroid dienone is 2. The summed E-state index contributed by atoms with van der Waals surface area (Å²) in [6.07, 6.45) is 13.2. The molecular formula is C14H18O3. The van der Waals surface area contributed by atoms with E-state index in [9.17, 15) is 4.79 Å². The van der Waals surface area contributed by atoms with Crippen LogP contribution in [0.2, 0.25) is 0 Å². The lowest BCUT2D eigenvalue weighted by atomic mass is 10.2. The van der Waals surface area contributed by atoms with Crippen LogP contribution in [-0.2, 0) is 9.53 Å². The Bertz CT molecular complexity index is 361. The second-order valence-corrected chi connectivity index (χ2v) is 3.63. The second-order valence-electron chi connectivity index (χ2n) is 3.63. The van der Waals surface area contributed by atoms with E-state index >= 15 is 0 Å². The van der Waals surface area contributed by atoms with Crippen LogP contribution in [0.4, 0.5) is 0 Å². The predicted octanol–water partition coefficient (Wildman–Crippen LogP) is 3.58. The molecule has 1 heterocycles. The van der Waals surface area contributed by atoms with Crippen LogP contribution in [-0.4, -0.2) is 13.1 Å². The summed E-state index contributed by atoms with van der Waals surface area (Å²) in [4.78, 5) is 10.7. The van der Waals surface area contributed by atoms with Crippen molar-refractivity contribution in [2.75, 3.05) is 7.11 Å². The number of furan rings is 1. The molecular weight excluding hydrogens is 216 g/mol. The first-order valence-corrected chi connectivity index (χ1v) is 5.77. The molecule has 17 heavy (non-hydrogen) atoms. The summed E-state index contributed by atoms with van der Waals surface area (Å²) < 4.78 is 9.66. The van der Waals surface area contributed by atoms with Crippen LogP contribution >= 0.6 is 0 Å². The van der Waals surface area contributed by atoms with Gasteiger partial charge in [-0.2, -0.15) is 0 Å². The molecule has 0 atom stereocenters. The van der Waals surface area contributed by atoms with Gasteiger partial charge in [0, 0.05) is 6.08 Å². The summed E-state index contributed by atoms with van der Waals surface area (Å²) in [5.74, 6) is 0.596. The van der Waals surface area contributed by atoms with Gasteiger partial charge in [0.2, 0.25) is 0 Å². The molecule has 0 aromatic carbocycles. The summed E-state index contributed by atoms with van der Waals surface area (Å²) >= 11 is 0. The highest BCUT2D eigenvalue weighted by Gasteiger charge is 1.90. The van der Waals surface area contributed by atoms with E-state index in [1.165, 1.54) is 13.2 Å². The maximum Gasteiger partial charge on any atom is 0.330 e. The molecule has 0 saturated heterocycles. The van der Waals surface area contributed by atoms with E-state index in [2.05, 4.69) is 10.8 Å². The molecule has 0 amide bonds. The van der Waals surface area contributed by atoms with Crippen molar-refractivity contribution in [3.05, 3.63) is 42.4 Å². The number of carbonyl (C=O) groups is 1. The van der Waals surface area contributed by atoms with E-state index in [4.69, 9.17) is 4.42 Å². The van der Waals surface area contributed by atoms with Crippen LogP contribution in [0.15, 0.2) is 41.0 Å². The number of hydrogen-bond donors (Lipinski definition) is 0. The van der Waals surface area contributed by atoms with Crippen molar-refractivity contribution in [1.82, 2.24) is 0 Å². The number of hydrogen-bond acceptors (Lipinski definition) is 3. The Morgan fingerprint density at radius 3 is 2.76 bits per heavy atom. The Morgan fingerprint density at radius 1 is 1.35 bits per heavy atom. The SMILES string of the molecule is COC(=O)/C=C/CCCC/C=C/c1ccco1. The molecule has 3 nitrogen and oxygen atoms in total. The average molecular weight is 234 g/mol. The van der Waals surface area contributed by atoms with Crippen LogP contribution in [0, 0.1) is 0 Å². The summed E-state index contributed by atoms with van der Waals surface area (Å²) in [5, 5.41) is 0. The molecule has 0 N–H and O–H groups in total. The first-order valence-electron chi connectivity index (χ1n) is 5.77. The molecule has 0 aliphatic rings. The summed E-state index contributed by atoms with van der Waals surface area (Å²) in [6.45, 7) is 0. The minimum Gasteiger partial charge on any atom is -0.466 e. The highest BCUT2D eigenvalue weighted by molar-refractivity contribution is 5.81. The molecule has 1 aromatic rings. The van der Waals surface area contributed by atoms with Gasteiger partial charge in [0.25, 0.3) is 0 Å². The number of unbranched alkanes of at least 4 members (excludes halogenated alkanes) is 3.